The van der Waals surface area contributed by atoms with E-state index in [1.807, 2.05) is 0 Å². The monoisotopic (exact) mass is 387 g/mol. The number of aryl methyl sites for hydroxylation is 1. The van der Waals surface area contributed by atoms with Crippen molar-refractivity contribution in [2.75, 3.05) is 11.9 Å². The summed E-state index contributed by atoms with van der Waals surface area (Å²) in [5.74, 6) is 0. The van der Waals surface area contributed by atoms with Gasteiger partial charge in [0.1, 0.15) is 6.23 Å². The van der Waals surface area contributed by atoms with Gasteiger partial charge >= 0.3 is 5.69 Å². The highest BCUT2D eigenvalue weighted by molar-refractivity contribution is 9.09. The molecule has 0 aromatic carbocycles. The first-order chi connectivity index (χ1) is 11.0. The highest BCUT2D eigenvalue weighted by Crippen LogP contribution is 2.29. The number of aliphatic hydroxyl groups excluding tert-OH is 1. The fourth-order valence-corrected chi connectivity index (χ4v) is 2.87. The number of hydrogen-bond acceptors (Lipinski definition) is 5. The van der Waals surface area contributed by atoms with E-state index in [9.17, 15) is 14.7 Å². The van der Waals surface area contributed by atoms with Crippen molar-refractivity contribution < 1.29 is 9.84 Å². The lowest BCUT2D eigenvalue weighted by molar-refractivity contribution is -0.0277. The Hall–Kier alpha value is -1.61. The molecule has 0 radical (unpaired) electrons. The Balaban J connectivity index is 2.40. The van der Waals surface area contributed by atoms with Crippen molar-refractivity contribution in [3.63, 3.8) is 0 Å². The molecule has 0 amide bonds. The number of halogens is 1. The maximum absolute atomic E-state index is 12.6. The van der Waals surface area contributed by atoms with Crippen LogP contribution < -0.4 is 11.2 Å². The normalized spacial score (nSPS) is 23.7. The second kappa shape index (κ2) is 7.78. The Morgan fingerprint density at radius 2 is 2.30 bits per heavy atom. The van der Waals surface area contributed by atoms with Crippen LogP contribution in [0.1, 0.15) is 24.6 Å². The second-order valence-electron chi connectivity index (χ2n) is 5.32. The van der Waals surface area contributed by atoms with Gasteiger partial charge in [0, 0.05) is 35.0 Å². The van der Waals surface area contributed by atoms with Crippen LogP contribution in [0.4, 0.5) is 0 Å². The largest absolute Gasteiger partial charge is 0.394 e. The lowest BCUT2D eigenvalue weighted by Gasteiger charge is -2.17. The number of alkyl halides is 1. The van der Waals surface area contributed by atoms with Crippen LogP contribution in [0.15, 0.2) is 20.9 Å². The number of hydrogen-bond donors (Lipinski definition) is 1. The molecule has 23 heavy (non-hydrogen) atoms. The molecule has 1 N–H and O–H groups in total. The van der Waals surface area contributed by atoms with E-state index in [0.717, 1.165) is 0 Å². The highest BCUT2D eigenvalue weighted by atomic mass is 79.9. The van der Waals surface area contributed by atoms with E-state index >= 15 is 0 Å². The Morgan fingerprint density at radius 3 is 2.91 bits per heavy atom. The Morgan fingerprint density at radius 1 is 1.57 bits per heavy atom. The quantitative estimate of drug-likeness (QED) is 0.339. The zero-order chi connectivity index (χ0) is 17.0. The Kier molecular flexibility index (Phi) is 6.00. The van der Waals surface area contributed by atoms with E-state index in [-0.39, 0.29) is 18.6 Å². The third-order valence-electron chi connectivity index (χ3n) is 3.78. The summed E-state index contributed by atoms with van der Waals surface area (Å²) in [5.41, 5.74) is 8.21. The molecule has 0 bridgehead atoms. The van der Waals surface area contributed by atoms with E-state index in [4.69, 9.17) is 10.3 Å². The molecule has 2 heterocycles. The van der Waals surface area contributed by atoms with Gasteiger partial charge in [0.25, 0.3) is 5.56 Å². The predicted octanol–water partition coefficient (Wildman–Crippen LogP) is 1.06. The van der Waals surface area contributed by atoms with Crippen molar-refractivity contribution in [3.05, 3.63) is 43.0 Å². The molecule has 0 aliphatic carbocycles. The van der Waals surface area contributed by atoms with Crippen LogP contribution in [0.3, 0.4) is 0 Å². The first-order valence-electron chi connectivity index (χ1n) is 7.22. The van der Waals surface area contributed by atoms with Crippen molar-refractivity contribution in [3.8, 4) is 0 Å². The van der Waals surface area contributed by atoms with E-state index < -0.39 is 24.1 Å². The summed E-state index contributed by atoms with van der Waals surface area (Å²) >= 11 is 3.28. The molecule has 1 fully saturated rings. The van der Waals surface area contributed by atoms with Gasteiger partial charge in [-0.1, -0.05) is 21.0 Å². The summed E-state index contributed by atoms with van der Waals surface area (Å²) in [6.07, 6.45) is 1.03. The van der Waals surface area contributed by atoms with Crippen LogP contribution in [-0.4, -0.2) is 38.3 Å². The maximum atomic E-state index is 12.6. The molecule has 0 saturated carbocycles. The first kappa shape index (κ1) is 17.7. The van der Waals surface area contributed by atoms with E-state index in [1.54, 1.807) is 6.92 Å². The third kappa shape index (κ3) is 3.66. The molecule has 1 aliphatic heterocycles. The van der Waals surface area contributed by atoms with Crippen molar-refractivity contribution >= 4 is 15.9 Å². The number of nitrogens with zero attached hydrogens (tertiary/aromatic N) is 5. The van der Waals surface area contributed by atoms with Crippen molar-refractivity contribution in [2.45, 2.75) is 44.7 Å². The standard InChI is InChI=1S/C13H18BrN5O4/c1-8-6-19(13(22)18(12(8)21)4-2-3-14)11-5-9(16-17-15)10(7-20)23-11/h6,9-11,20H,2-5,7H2,1H3/t9-,10+,11+/m0/s1. The van der Waals surface area contributed by atoms with Gasteiger partial charge in [-0.15, -0.1) is 0 Å². The van der Waals surface area contributed by atoms with Gasteiger partial charge in [-0.3, -0.25) is 13.9 Å². The zero-order valence-electron chi connectivity index (χ0n) is 12.6. The van der Waals surface area contributed by atoms with E-state index in [2.05, 4.69) is 26.0 Å². The molecular formula is C13H18BrN5O4. The van der Waals surface area contributed by atoms with Gasteiger partial charge in [-0.05, 0) is 18.9 Å². The van der Waals surface area contributed by atoms with Crippen LogP contribution >= 0.6 is 15.9 Å². The molecule has 1 saturated heterocycles. The molecule has 9 nitrogen and oxygen atoms in total. The average Bonchev–Trinajstić information content (AvgIpc) is 2.94. The molecular weight excluding hydrogens is 370 g/mol. The van der Waals surface area contributed by atoms with Crippen LogP contribution in [-0.2, 0) is 11.3 Å². The lowest BCUT2D eigenvalue weighted by atomic mass is 10.1. The molecule has 0 spiro atoms. The minimum atomic E-state index is -0.676. The summed E-state index contributed by atoms with van der Waals surface area (Å²) in [5, 5.41) is 13.6. The Labute approximate surface area is 140 Å². The molecule has 0 unspecified atom stereocenters. The van der Waals surface area contributed by atoms with Crippen molar-refractivity contribution in [1.29, 1.82) is 0 Å². The minimum absolute atomic E-state index is 0.269. The number of ether oxygens (including phenoxy) is 1. The van der Waals surface area contributed by atoms with Gasteiger partial charge in [-0.2, -0.15) is 0 Å². The maximum Gasteiger partial charge on any atom is 0.333 e. The van der Waals surface area contributed by atoms with Gasteiger partial charge in [-0.25, -0.2) is 4.79 Å². The first-order valence-corrected chi connectivity index (χ1v) is 8.34. The second-order valence-corrected chi connectivity index (χ2v) is 6.11. The summed E-state index contributed by atoms with van der Waals surface area (Å²) < 4.78 is 8.13. The summed E-state index contributed by atoms with van der Waals surface area (Å²) in [6.45, 7) is 1.63. The third-order valence-corrected chi connectivity index (χ3v) is 4.34. The number of rotatable bonds is 6. The van der Waals surface area contributed by atoms with Crippen LogP contribution in [0.2, 0.25) is 0 Å². The van der Waals surface area contributed by atoms with Crippen LogP contribution in [0.5, 0.6) is 0 Å². The SMILES string of the molecule is Cc1cn([C@H]2C[C@H](N=[N+]=[N-])[C@@H](CO)O2)c(=O)n(CCCBr)c1=O. The topological polar surface area (TPSA) is 122 Å². The summed E-state index contributed by atoms with van der Waals surface area (Å²) in [7, 11) is 0. The van der Waals surface area contributed by atoms with Crippen molar-refractivity contribution in [1.82, 2.24) is 9.13 Å². The Bertz CT molecular complexity index is 724. The van der Waals surface area contributed by atoms with Gasteiger partial charge in [0.2, 0.25) is 0 Å². The fourth-order valence-electron chi connectivity index (χ4n) is 2.62. The lowest BCUT2D eigenvalue weighted by Crippen LogP contribution is -2.42. The molecule has 1 aliphatic rings. The fraction of sp³-hybridized carbons (Fsp3) is 0.692. The van der Waals surface area contributed by atoms with Crippen molar-refractivity contribution in [2.24, 2.45) is 5.11 Å². The number of aliphatic hydroxyl groups is 1. The molecule has 1 aromatic rings. The summed E-state index contributed by atoms with van der Waals surface area (Å²) in [6, 6.07) is -0.551. The molecule has 126 valence electrons. The molecule has 2 rings (SSSR count). The van der Waals surface area contributed by atoms with Crippen LogP contribution in [0, 0.1) is 6.92 Å². The molecule has 10 heteroatoms. The smallest absolute Gasteiger partial charge is 0.333 e. The van der Waals surface area contributed by atoms with Crippen LogP contribution in [0.25, 0.3) is 10.4 Å². The summed E-state index contributed by atoms with van der Waals surface area (Å²) in [4.78, 5) is 27.4. The predicted molar refractivity (Wildman–Crippen MR) is 86.7 cm³/mol. The molecule has 3 atom stereocenters. The molecule has 1 aromatic heterocycles. The van der Waals surface area contributed by atoms with Gasteiger partial charge in [0.15, 0.2) is 0 Å². The average molecular weight is 388 g/mol. The van der Waals surface area contributed by atoms with Gasteiger partial charge in [0.05, 0.1) is 18.8 Å². The van der Waals surface area contributed by atoms with E-state index in [1.165, 1.54) is 15.3 Å². The minimum Gasteiger partial charge on any atom is -0.394 e. The van der Waals surface area contributed by atoms with Gasteiger partial charge < -0.3 is 9.84 Å². The number of aromatic nitrogens is 2. The van der Waals surface area contributed by atoms with E-state index in [0.29, 0.717) is 23.9 Å². The number of azide groups is 1. The highest BCUT2D eigenvalue weighted by Gasteiger charge is 2.36. The zero-order valence-corrected chi connectivity index (χ0v) is 14.2.